The molecule has 1 N–H and O–H groups in total. The number of aryl methyl sites for hydroxylation is 1. The summed E-state index contributed by atoms with van der Waals surface area (Å²) in [4.78, 5) is 13.0. The van der Waals surface area contributed by atoms with E-state index in [9.17, 15) is 26.3 Å². The molecule has 4 aliphatic rings. The Morgan fingerprint density at radius 1 is 1.21 bits per heavy atom. The number of piperazine rings is 1. The van der Waals surface area contributed by atoms with Crippen molar-refractivity contribution in [3.05, 3.63) is 39.7 Å². The molecule has 0 amide bonds. The van der Waals surface area contributed by atoms with Gasteiger partial charge in [-0.25, -0.2) is 17.6 Å². The first kappa shape index (κ1) is 32.4. The minimum atomic E-state index is -5.03. The van der Waals surface area contributed by atoms with Crippen molar-refractivity contribution in [1.82, 2.24) is 20.2 Å². The van der Waals surface area contributed by atoms with Gasteiger partial charge in [-0.3, -0.25) is 4.90 Å². The van der Waals surface area contributed by atoms with Crippen LogP contribution in [0, 0.1) is 12.7 Å². The molecule has 0 radical (unpaired) electrons. The topological polar surface area (TPSA) is 62.8 Å². The molecule has 4 aliphatic heterocycles. The zero-order chi connectivity index (χ0) is 33.4. The number of hydrogen-bond donors (Lipinski definition) is 1. The lowest BCUT2D eigenvalue weighted by atomic mass is 9.91. The second-order valence-electron chi connectivity index (χ2n) is 12.9. The van der Waals surface area contributed by atoms with Crippen molar-refractivity contribution >= 4 is 28.3 Å². The van der Waals surface area contributed by atoms with E-state index in [0.717, 1.165) is 25.8 Å². The first-order chi connectivity index (χ1) is 22.3. The van der Waals surface area contributed by atoms with E-state index in [4.69, 9.17) is 26.1 Å². The second kappa shape index (κ2) is 11.8. The van der Waals surface area contributed by atoms with Gasteiger partial charge in [0.1, 0.15) is 30.7 Å². The molecule has 3 aromatic rings. The van der Waals surface area contributed by atoms with Gasteiger partial charge in [-0.05, 0) is 56.0 Å². The molecule has 0 spiro atoms. The van der Waals surface area contributed by atoms with Crippen LogP contribution in [0.2, 0.25) is 5.02 Å². The summed E-state index contributed by atoms with van der Waals surface area (Å²) in [6.07, 6.45) is -6.61. The predicted molar refractivity (Wildman–Crippen MR) is 162 cm³/mol. The summed E-state index contributed by atoms with van der Waals surface area (Å²) >= 11 is 6.74. The van der Waals surface area contributed by atoms with E-state index in [1.54, 1.807) is 0 Å². The van der Waals surface area contributed by atoms with Gasteiger partial charge in [0.2, 0.25) is 0 Å². The Morgan fingerprint density at radius 2 is 2.00 bits per heavy atom. The Labute approximate surface area is 271 Å². The number of rotatable bonds is 6. The number of halogens is 8. The molecule has 1 aromatic heterocycles. The standard InChI is InChI=1S/C32H33ClF7N5O2/c1-3-18-12-45-19(10-41-18)13-46-27-22-26(42-30(43-29(22)45)47-14-31-5-4-6-44(31)11-17(34)9-31)25(35)21(24(27)33)20-8-16(28(36)37)7-15(2)23(20)32(38,39)40/h7-8,17-19,28,41H,3-6,9-14H2,1-2H3/t17-,18-,19+,31+/m1/s1. The molecule has 0 bridgehead atoms. The lowest BCUT2D eigenvalue weighted by molar-refractivity contribution is -0.137. The van der Waals surface area contributed by atoms with Crippen LogP contribution in [0.15, 0.2) is 12.1 Å². The van der Waals surface area contributed by atoms with Crippen molar-refractivity contribution in [3.8, 4) is 22.9 Å². The second-order valence-corrected chi connectivity index (χ2v) is 13.3. The third-order valence-electron chi connectivity index (χ3n) is 10.0. The minimum absolute atomic E-state index is 0.0219. The number of anilines is 1. The van der Waals surface area contributed by atoms with Gasteiger partial charge in [0.15, 0.2) is 11.6 Å². The molecule has 254 valence electrons. The fourth-order valence-corrected chi connectivity index (χ4v) is 8.10. The van der Waals surface area contributed by atoms with Crippen LogP contribution >= 0.6 is 11.6 Å². The van der Waals surface area contributed by atoms with E-state index in [1.165, 1.54) is 0 Å². The number of alkyl halides is 6. The number of aromatic nitrogens is 2. The Bertz CT molecular complexity index is 1730. The van der Waals surface area contributed by atoms with Crippen molar-refractivity contribution in [2.75, 3.05) is 44.3 Å². The predicted octanol–water partition coefficient (Wildman–Crippen LogP) is 7.26. The number of ether oxygens (including phenoxy) is 2. The normalized spacial score (nSPS) is 26.0. The Kier molecular flexibility index (Phi) is 8.14. The SMILES string of the molecule is CC[C@@H]1CN2c3nc(OC[C@@]45CCCN4C[C@H](F)C5)nc4c(F)c(-c5cc(C(F)F)cc(C)c5C(F)(F)F)c(Cl)c(c34)OC[C@@H]2CN1. The molecule has 5 heterocycles. The third-order valence-corrected chi connectivity index (χ3v) is 10.4. The van der Waals surface area contributed by atoms with Crippen molar-refractivity contribution in [2.45, 2.75) is 75.9 Å². The maximum Gasteiger partial charge on any atom is 0.417 e. The van der Waals surface area contributed by atoms with Crippen LogP contribution in [-0.2, 0) is 6.18 Å². The van der Waals surface area contributed by atoms with Crippen LogP contribution in [-0.4, -0.2) is 78.1 Å². The van der Waals surface area contributed by atoms with Gasteiger partial charge in [0.25, 0.3) is 6.43 Å². The molecule has 3 saturated heterocycles. The fraction of sp³-hybridized carbons (Fsp3) is 0.562. The molecule has 7 rings (SSSR count). The molecule has 2 aromatic carbocycles. The summed E-state index contributed by atoms with van der Waals surface area (Å²) in [7, 11) is 0. The average Bonchev–Trinajstić information content (AvgIpc) is 3.48. The molecular formula is C32H33ClF7N5O2. The maximum atomic E-state index is 16.9. The Balaban J connectivity index is 1.45. The molecule has 47 heavy (non-hydrogen) atoms. The number of fused-ring (bicyclic) bond motifs is 3. The fourth-order valence-electron chi connectivity index (χ4n) is 7.77. The molecule has 3 fully saturated rings. The van der Waals surface area contributed by atoms with Gasteiger partial charge in [-0.2, -0.15) is 23.1 Å². The molecule has 4 atom stereocenters. The van der Waals surface area contributed by atoms with Gasteiger partial charge in [-0.15, -0.1) is 0 Å². The van der Waals surface area contributed by atoms with E-state index in [0.29, 0.717) is 32.1 Å². The molecule has 7 nitrogen and oxygen atoms in total. The Morgan fingerprint density at radius 3 is 2.72 bits per heavy atom. The van der Waals surface area contributed by atoms with Crippen LogP contribution in [0.1, 0.15) is 55.7 Å². The molecule has 0 unspecified atom stereocenters. The molecular weight excluding hydrogens is 655 g/mol. The van der Waals surface area contributed by atoms with E-state index in [-0.39, 0.29) is 61.2 Å². The van der Waals surface area contributed by atoms with E-state index in [2.05, 4.69) is 10.3 Å². The highest BCUT2D eigenvalue weighted by Gasteiger charge is 2.49. The summed E-state index contributed by atoms with van der Waals surface area (Å²) in [6.45, 7) is 5.00. The van der Waals surface area contributed by atoms with Crippen LogP contribution in [0.5, 0.6) is 11.8 Å². The van der Waals surface area contributed by atoms with Crippen molar-refractivity contribution in [3.63, 3.8) is 0 Å². The highest BCUT2D eigenvalue weighted by atomic mass is 35.5. The highest BCUT2D eigenvalue weighted by Crippen LogP contribution is 2.52. The van der Waals surface area contributed by atoms with Gasteiger partial charge in [0, 0.05) is 43.2 Å². The zero-order valence-corrected chi connectivity index (χ0v) is 26.4. The summed E-state index contributed by atoms with van der Waals surface area (Å²) < 4.78 is 115. The lowest BCUT2D eigenvalue weighted by Crippen LogP contribution is -2.58. The number of hydrogen-bond acceptors (Lipinski definition) is 7. The van der Waals surface area contributed by atoms with E-state index in [1.807, 2.05) is 16.7 Å². The highest BCUT2D eigenvalue weighted by molar-refractivity contribution is 6.36. The third kappa shape index (κ3) is 5.44. The van der Waals surface area contributed by atoms with Crippen LogP contribution in [0.3, 0.4) is 0 Å². The average molecular weight is 688 g/mol. The van der Waals surface area contributed by atoms with Gasteiger partial charge in [-0.1, -0.05) is 18.5 Å². The number of benzene rings is 2. The number of nitrogens with zero attached hydrogens (tertiary/aromatic N) is 4. The van der Waals surface area contributed by atoms with Gasteiger partial charge >= 0.3 is 12.2 Å². The van der Waals surface area contributed by atoms with Gasteiger partial charge in [0.05, 0.1) is 27.6 Å². The number of nitrogens with one attached hydrogen (secondary N) is 1. The monoisotopic (exact) mass is 687 g/mol. The van der Waals surface area contributed by atoms with E-state index < -0.39 is 68.5 Å². The maximum absolute atomic E-state index is 16.9. The smallest absolute Gasteiger partial charge is 0.417 e. The summed E-state index contributed by atoms with van der Waals surface area (Å²) in [5, 5.41) is 2.97. The van der Waals surface area contributed by atoms with E-state index >= 15 is 4.39 Å². The van der Waals surface area contributed by atoms with Gasteiger partial charge < -0.3 is 19.7 Å². The summed E-state index contributed by atoms with van der Waals surface area (Å²) in [5.74, 6) is -1.17. The largest absolute Gasteiger partial charge is 0.489 e. The van der Waals surface area contributed by atoms with Crippen molar-refractivity contribution in [2.24, 2.45) is 0 Å². The molecule has 0 aliphatic carbocycles. The Hall–Kier alpha value is -3.10. The zero-order valence-electron chi connectivity index (χ0n) is 25.7. The van der Waals surface area contributed by atoms with Crippen LogP contribution in [0.4, 0.5) is 36.6 Å². The first-order valence-corrected chi connectivity index (χ1v) is 16.1. The molecule has 15 heteroatoms. The van der Waals surface area contributed by atoms with Crippen LogP contribution < -0.4 is 19.7 Å². The van der Waals surface area contributed by atoms with Crippen molar-refractivity contribution < 1.29 is 40.2 Å². The summed E-state index contributed by atoms with van der Waals surface area (Å²) in [5.41, 5.74) is -5.16. The van der Waals surface area contributed by atoms with Crippen molar-refractivity contribution in [1.29, 1.82) is 0 Å². The lowest BCUT2D eigenvalue weighted by Gasteiger charge is -2.39. The quantitative estimate of drug-likeness (QED) is 0.274. The first-order valence-electron chi connectivity index (χ1n) is 15.7. The summed E-state index contributed by atoms with van der Waals surface area (Å²) in [6, 6.07) is 0.824. The minimum Gasteiger partial charge on any atom is -0.489 e. The molecule has 0 saturated carbocycles. The van der Waals surface area contributed by atoms with Crippen LogP contribution in [0.25, 0.3) is 22.0 Å².